The maximum Gasteiger partial charge on any atom is -0.0291 e. The maximum absolute atomic E-state index is 2.42. The number of hydrogen-bond donors (Lipinski definition) is 0. The van der Waals surface area contributed by atoms with Crippen molar-refractivity contribution >= 4 is 0 Å². The molecule has 0 heteroatoms. The fourth-order valence-electron chi connectivity index (χ4n) is 3.90. The van der Waals surface area contributed by atoms with Crippen molar-refractivity contribution in [3.63, 3.8) is 0 Å². The average Bonchev–Trinajstić information content (AvgIpc) is 2.68. The summed E-state index contributed by atoms with van der Waals surface area (Å²) in [4.78, 5) is 0. The van der Waals surface area contributed by atoms with Gasteiger partial charge in [-0.3, -0.25) is 0 Å². The van der Waals surface area contributed by atoms with E-state index in [9.17, 15) is 0 Å². The topological polar surface area (TPSA) is 0 Å². The Bertz CT molecular complexity index is 200. The first-order chi connectivity index (χ1) is 5.70. The molecule has 0 heterocycles. The normalized spacial score (nSPS) is 47.8. The van der Waals surface area contributed by atoms with Crippen molar-refractivity contribution in [3.05, 3.63) is 0 Å². The van der Waals surface area contributed by atoms with Crippen LogP contribution in [0.3, 0.4) is 0 Å². The molecule has 3 saturated carbocycles. The average molecular weight is 164 g/mol. The first-order valence-corrected chi connectivity index (χ1v) is 5.70. The molecule has 3 fully saturated rings. The Morgan fingerprint density at radius 3 is 2.50 bits per heavy atom. The lowest BCUT2D eigenvalue weighted by molar-refractivity contribution is 0.0620. The second kappa shape index (κ2) is 2.08. The summed E-state index contributed by atoms with van der Waals surface area (Å²) in [7, 11) is 0. The Morgan fingerprint density at radius 1 is 1.17 bits per heavy atom. The molecular weight excluding hydrogens is 144 g/mol. The molecule has 0 aliphatic heterocycles. The molecule has 0 saturated heterocycles. The van der Waals surface area contributed by atoms with Gasteiger partial charge in [0, 0.05) is 0 Å². The van der Waals surface area contributed by atoms with Gasteiger partial charge in [0.2, 0.25) is 0 Å². The van der Waals surface area contributed by atoms with Gasteiger partial charge in [-0.25, -0.2) is 0 Å². The van der Waals surface area contributed by atoms with Crippen LogP contribution < -0.4 is 0 Å². The van der Waals surface area contributed by atoms with Crippen LogP contribution in [0, 0.1) is 29.1 Å². The smallest absolute Gasteiger partial charge is 0.0291 e. The molecule has 0 radical (unpaired) electrons. The van der Waals surface area contributed by atoms with Crippen LogP contribution in [0.25, 0.3) is 0 Å². The molecule has 3 aliphatic carbocycles. The second-order valence-electron chi connectivity index (χ2n) is 5.98. The Labute approximate surface area is 75.7 Å². The third kappa shape index (κ3) is 0.843. The highest BCUT2D eigenvalue weighted by molar-refractivity contribution is 5.09. The maximum atomic E-state index is 2.42. The van der Waals surface area contributed by atoms with Crippen molar-refractivity contribution in [2.45, 2.75) is 46.0 Å². The fraction of sp³-hybridized carbons (Fsp3) is 1.00. The van der Waals surface area contributed by atoms with Crippen molar-refractivity contribution in [3.8, 4) is 0 Å². The fourth-order valence-corrected chi connectivity index (χ4v) is 3.90. The molecule has 68 valence electrons. The van der Waals surface area contributed by atoms with E-state index < -0.39 is 0 Å². The predicted octanol–water partition coefficient (Wildman–Crippen LogP) is 3.47. The van der Waals surface area contributed by atoms with Crippen molar-refractivity contribution < 1.29 is 0 Å². The second-order valence-corrected chi connectivity index (χ2v) is 5.98. The summed E-state index contributed by atoms with van der Waals surface area (Å²) in [5.41, 5.74) is 0.916. The highest BCUT2D eigenvalue weighted by Crippen LogP contribution is 2.68. The predicted molar refractivity (Wildman–Crippen MR) is 50.8 cm³/mol. The van der Waals surface area contributed by atoms with Gasteiger partial charge in [-0.05, 0) is 61.2 Å². The first-order valence-electron chi connectivity index (χ1n) is 5.70. The largest absolute Gasteiger partial charge is 0.0625 e. The van der Waals surface area contributed by atoms with Gasteiger partial charge in [-0.1, -0.05) is 13.8 Å². The number of rotatable bonds is 1. The lowest BCUT2D eigenvalue weighted by atomic mass is 9.62. The van der Waals surface area contributed by atoms with E-state index in [1.807, 2.05) is 0 Å². The van der Waals surface area contributed by atoms with E-state index in [2.05, 4.69) is 13.8 Å². The molecule has 2 unspecified atom stereocenters. The van der Waals surface area contributed by atoms with Gasteiger partial charge in [0.15, 0.2) is 0 Å². The quantitative estimate of drug-likeness (QED) is 0.556. The van der Waals surface area contributed by atoms with Crippen LogP contribution in [0.2, 0.25) is 0 Å². The van der Waals surface area contributed by atoms with E-state index in [0.29, 0.717) is 0 Å². The van der Waals surface area contributed by atoms with Crippen LogP contribution >= 0.6 is 0 Å². The number of hydrogen-bond acceptors (Lipinski definition) is 0. The summed E-state index contributed by atoms with van der Waals surface area (Å²) in [6, 6.07) is 0. The van der Waals surface area contributed by atoms with Gasteiger partial charge >= 0.3 is 0 Å². The van der Waals surface area contributed by atoms with Crippen LogP contribution in [0.5, 0.6) is 0 Å². The van der Waals surface area contributed by atoms with Crippen LogP contribution in [0.15, 0.2) is 0 Å². The van der Waals surface area contributed by atoms with Crippen molar-refractivity contribution in [2.75, 3.05) is 0 Å². The molecule has 3 aliphatic rings. The molecule has 1 spiro atoms. The van der Waals surface area contributed by atoms with Crippen molar-refractivity contribution in [2.24, 2.45) is 29.1 Å². The Hall–Kier alpha value is 0. The highest BCUT2D eigenvalue weighted by atomic mass is 14.6. The molecule has 12 heavy (non-hydrogen) atoms. The minimum atomic E-state index is 0.916. The van der Waals surface area contributed by atoms with Gasteiger partial charge in [-0.2, -0.15) is 0 Å². The number of fused-ring (bicyclic) bond motifs is 1. The summed E-state index contributed by atoms with van der Waals surface area (Å²) in [6.07, 6.45) is 7.95. The molecule has 0 aromatic heterocycles. The Balaban J connectivity index is 1.71. The van der Waals surface area contributed by atoms with Crippen LogP contribution in [0.1, 0.15) is 46.0 Å². The van der Waals surface area contributed by atoms with Gasteiger partial charge in [0.25, 0.3) is 0 Å². The van der Waals surface area contributed by atoms with Gasteiger partial charge in [0.1, 0.15) is 0 Å². The summed E-state index contributed by atoms with van der Waals surface area (Å²) in [6.45, 7) is 4.83. The summed E-state index contributed by atoms with van der Waals surface area (Å²) >= 11 is 0. The van der Waals surface area contributed by atoms with Crippen LogP contribution in [-0.2, 0) is 0 Å². The molecule has 3 rings (SSSR count). The lowest BCUT2D eigenvalue weighted by Gasteiger charge is -2.43. The summed E-state index contributed by atoms with van der Waals surface area (Å²) in [5.74, 6) is 4.39. The monoisotopic (exact) mass is 164 g/mol. The lowest BCUT2D eigenvalue weighted by Crippen LogP contribution is -2.35. The highest BCUT2D eigenvalue weighted by Gasteiger charge is 2.58. The zero-order valence-corrected chi connectivity index (χ0v) is 8.34. The van der Waals surface area contributed by atoms with Crippen LogP contribution in [-0.4, -0.2) is 0 Å². The molecule has 3 atom stereocenters. The standard InChI is InChI=1S/C12H20/c1-8(2)10-5-9-6-12(3-4-12)7-11(9)10/h8-11H,3-7H2,1-2H3/t9-,10?,11?/m0/s1. The molecule has 0 bridgehead atoms. The van der Waals surface area contributed by atoms with Gasteiger partial charge < -0.3 is 0 Å². The van der Waals surface area contributed by atoms with Crippen molar-refractivity contribution in [1.29, 1.82) is 0 Å². The third-order valence-corrected chi connectivity index (χ3v) is 4.91. The molecule has 0 N–H and O–H groups in total. The molecule has 0 nitrogen and oxygen atoms in total. The molecule has 0 aromatic carbocycles. The molecular formula is C12H20. The van der Waals surface area contributed by atoms with E-state index >= 15 is 0 Å². The zero-order valence-electron chi connectivity index (χ0n) is 8.34. The van der Waals surface area contributed by atoms with Crippen molar-refractivity contribution in [1.82, 2.24) is 0 Å². The van der Waals surface area contributed by atoms with E-state index in [0.717, 1.165) is 23.2 Å². The first kappa shape index (κ1) is 7.41. The zero-order chi connectivity index (χ0) is 8.34. The van der Waals surface area contributed by atoms with E-state index in [1.54, 1.807) is 32.1 Å². The van der Waals surface area contributed by atoms with E-state index in [1.165, 1.54) is 5.92 Å². The minimum absolute atomic E-state index is 0.916. The summed E-state index contributed by atoms with van der Waals surface area (Å²) in [5, 5.41) is 0. The van der Waals surface area contributed by atoms with Crippen LogP contribution in [0.4, 0.5) is 0 Å². The SMILES string of the molecule is CC(C)C1C[C@H]2CC3(CC3)CC12. The molecule has 0 amide bonds. The molecule has 0 aromatic rings. The summed E-state index contributed by atoms with van der Waals surface area (Å²) < 4.78 is 0. The Morgan fingerprint density at radius 2 is 1.92 bits per heavy atom. The van der Waals surface area contributed by atoms with E-state index in [-0.39, 0.29) is 0 Å². The van der Waals surface area contributed by atoms with E-state index in [4.69, 9.17) is 0 Å². The van der Waals surface area contributed by atoms with Gasteiger partial charge in [0.05, 0.1) is 0 Å². The minimum Gasteiger partial charge on any atom is -0.0625 e. The third-order valence-electron chi connectivity index (χ3n) is 4.91. The Kier molecular flexibility index (Phi) is 1.28. The van der Waals surface area contributed by atoms with Gasteiger partial charge in [-0.15, -0.1) is 0 Å².